The number of ether oxygens (including phenoxy) is 1. The molecule has 8 heteroatoms. The lowest BCUT2D eigenvalue weighted by atomic mass is 9.73. The first-order valence-electron chi connectivity index (χ1n) is 11.5. The third-order valence-electron chi connectivity index (χ3n) is 6.37. The molecule has 0 aromatic heterocycles. The molecule has 2 aromatic rings. The summed E-state index contributed by atoms with van der Waals surface area (Å²) in [5.74, 6) is -2.05. The molecule has 2 N–H and O–H groups in total. The van der Waals surface area contributed by atoms with Gasteiger partial charge in [0.15, 0.2) is 5.78 Å². The van der Waals surface area contributed by atoms with Crippen LogP contribution in [0.5, 0.6) is 0 Å². The number of fused-ring (bicyclic) bond motifs is 1. The van der Waals surface area contributed by atoms with Crippen LogP contribution in [-0.2, 0) is 19.1 Å². The Balaban J connectivity index is 1.93. The number of ketones is 1. The molecule has 0 saturated carbocycles. The first-order chi connectivity index (χ1) is 16.6. The molecule has 35 heavy (non-hydrogen) atoms. The van der Waals surface area contributed by atoms with Crippen LogP contribution in [0.15, 0.2) is 59.8 Å². The molecule has 2 aliphatic rings. The summed E-state index contributed by atoms with van der Waals surface area (Å²) in [4.78, 5) is 51.9. The van der Waals surface area contributed by atoms with Crippen molar-refractivity contribution in [3.05, 3.63) is 70.9 Å². The fraction of sp³-hybridized carbons (Fsp3) is 0.333. The molecular formula is C27H28N2O6. The number of hydrogen-bond donors (Lipinski definition) is 2. The second-order valence-electron chi connectivity index (χ2n) is 9.65. The summed E-state index contributed by atoms with van der Waals surface area (Å²) in [6, 6.07) is 13.1. The van der Waals surface area contributed by atoms with E-state index in [0.29, 0.717) is 40.9 Å². The van der Waals surface area contributed by atoms with E-state index in [-0.39, 0.29) is 24.0 Å². The molecule has 1 atom stereocenters. The molecule has 1 aliphatic carbocycles. The molecule has 0 radical (unpaired) electrons. The molecular weight excluding hydrogens is 448 g/mol. The maximum atomic E-state index is 13.6. The Morgan fingerprint density at radius 2 is 1.74 bits per heavy atom. The molecule has 4 rings (SSSR count). The summed E-state index contributed by atoms with van der Waals surface area (Å²) in [6.45, 7) is 4.06. The summed E-state index contributed by atoms with van der Waals surface area (Å²) in [7, 11) is 1.30. The zero-order chi connectivity index (χ0) is 25.3. The Morgan fingerprint density at radius 1 is 1.06 bits per heavy atom. The standard InChI is InChI=1S/C27H28N2O6/c1-27(2)14-19-24(21(30)15-27)25(16-8-10-17(11-9-16)26(34)35-3)29(22(31)12-13-23(32)33)20-7-5-4-6-18(20)28-19/h4-11,25,28H,12-15H2,1-3H3,(H,32,33)/t25-/m0/s1. The molecule has 1 amide bonds. The van der Waals surface area contributed by atoms with Gasteiger partial charge in [0.05, 0.1) is 36.5 Å². The lowest BCUT2D eigenvalue weighted by Crippen LogP contribution is -2.39. The van der Waals surface area contributed by atoms with Gasteiger partial charge in [-0.1, -0.05) is 38.1 Å². The van der Waals surface area contributed by atoms with Gasteiger partial charge in [-0.3, -0.25) is 19.3 Å². The van der Waals surface area contributed by atoms with Crippen LogP contribution in [0.4, 0.5) is 11.4 Å². The van der Waals surface area contributed by atoms with E-state index in [1.54, 1.807) is 36.4 Å². The van der Waals surface area contributed by atoms with E-state index >= 15 is 0 Å². The largest absolute Gasteiger partial charge is 0.481 e. The number of amides is 1. The smallest absolute Gasteiger partial charge is 0.337 e. The van der Waals surface area contributed by atoms with Crippen molar-refractivity contribution in [2.45, 2.75) is 45.6 Å². The van der Waals surface area contributed by atoms with Crippen LogP contribution in [0, 0.1) is 5.41 Å². The number of carbonyl (C=O) groups excluding carboxylic acids is 3. The van der Waals surface area contributed by atoms with Crippen LogP contribution in [0.1, 0.15) is 61.5 Å². The molecule has 0 saturated heterocycles. The summed E-state index contributed by atoms with van der Waals surface area (Å²) < 4.78 is 4.80. The fourth-order valence-electron chi connectivity index (χ4n) is 4.83. The van der Waals surface area contributed by atoms with Gasteiger partial charge in [0.2, 0.25) is 5.91 Å². The highest BCUT2D eigenvalue weighted by Crippen LogP contribution is 2.48. The van der Waals surface area contributed by atoms with Crippen LogP contribution in [0.25, 0.3) is 0 Å². The average Bonchev–Trinajstić information content (AvgIpc) is 2.95. The molecule has 0 bridgehead atoms. The third kappa shape index (κ3) is 4.82. The number of carboxylic acid groups (broad SMARTS) is 1. The minimum atomic E-state index is -1.08. The van der Waals surface area contributed by atoms with Gasteiger partial charge in [0, 0.05) is 24.1 Å². The Labute approximate surface area is 203 Å². The van der Waals surface area contributed by atoms with Crippen LogP contribution in [-0.4, -0.2) is 35.8 Å². The third-order valence-corrected chi connectivity index (χ3v) is 6.37. The quantitative estimate of drug-likeness (QED) is 0.612. The Bertz CT molecular complexity index is 1230. The molecule has 1 aliphatic heterocycles. The summed E-state index contributed by atoms with van der Waals surface area (Å²) in [6.07, 6.45) is 0.378. The normalized spacial score (nSPS) is 18.7. The second-order valence-corrected chi connectivity index (χ2v) is 9.65. The molecule has 182 valence electrons. The fourth-order valence-corrected chi connectivity index (χ4v) is 4.83. The van der Waals surface area contributed by atoms with Crippen LogP contribution in [0.2, 0.25) is 0 Å². The number of methoxy groups -OCH3 is 1. The number of anilines is 2. The Kier molecular flexibility index (Phi) is 6.47. The highest BCUT2D eigenvalue weighted by atomic mass is 16.5. The maximum Gasteiger partial charge on any atom is 0.337 e. The molecule has 0 fully saturated rings. The summed E-state index contributed by atoms with van der Waals surface area (Å²) >= 11 is 0. The number of carbonyl (C=O) groups is 4. The number of allylic oxidation sites excluding steroid dienone is 1. The van der Waals surface area contributed by atoms with E-state index in [0.717, 1.165) is 5.70 Å². The van der Waals surface area contributed by atoms with Crippen LogP contribution >= 0.6 is 0 Å². The van der Waals surface area contributed by atoms with Gasteiger partial charge in [-0.25, -0.2) is 4.79 Å². The van der Waals surface area contributed by atoms with Crippen molar-refractivity contribution in [3.63, 3.8) is 0 Å². The van der Waals surface area contributed by atoms with Crippen molar-refractivity contribution in [2.75, 3.05) is 17.3 Å². The first-order valence-corrected chi connectivity index (χ1v) is 11.5. The van der Waals surface area contributed by atoms with Crippen molar-refractivity contribution >= 4 is 35.0 Å². The van der Waals surface area contributed by atoms with E-state index in [4.69, 9.17) is 4.74 Å². The highest BCUT2D eigenvalue weighted by molar-refractivity contribution is 6.06. The van der Waals surface area contributed by atoms with Gasteiger partial charge in [0.25, 0.3) is 0 Å². The van der Waals surface area contributed by atoms with Crippen molar-refractivity contribution in [1.29, 1.82) is 0 Å². The SMILES string of the molecule is COC(=O)c1ccc([C@H]2C3=C(CC(C)(C)CC3=O)Nc3ccccc3N2C(=O)CCC(=O)O)cc1. The zero-order valence-corrected chi connectivity index (χ0v) is 20.0. The second kappa shape index (κ2) is 9.37. The number of hydrogen-bond acceptors (Lipinski definition) is 6. The van der Waals surface area contributed by atoms with Gasteiger partial charge in [-0.2, -0.15) is 0 Å². The number of rotatable bonds is 5. The average molecular weight is 477 g/mol. The van der Waals surface area contributed by atoms with Gasteiger partial charge in [-0.05, 0) is 41.7 Å². The number of aliphatic carboxylic acids is 1. The lowest BCUT2D eigenvalue weighted by Gasteiger charge is -2.37. The number of esters is 1. The predicted octanol–water partition coefficient (Wildman–Crippen LogP) is 4.48. The molecule has 1 heterocycles. The number of nitrogens with zero attached hydrogens (tertiary/aromatic N) is 1. The van der Waals surface area contributed by atoms with E-state index in [9.17, 15) is 24.3 Å². The van der Waals surface area contributed by atoms with Gasteiger partial charge >= 0.3 is 11.9 Å². The number of benzene rings is 2. The molecule has 0 unspecified atom stereocenters. The molecule has 2 aromatic carbocycles. The summed E-state index contributed by atoms with van der Waals surface area (Å²) in [5, 5.41) is 12.6. The Hall–Kier alpha value is -3.94. The number of nitrogens with one attached hydrogen (secondary N) is 1. The lowest BCUT2D eigenvalue weighted by molar-refractivity contribution is -0.138. The number of carboxylic acids is 1. The van der Waals surface area contributed by atoms with Crippen molar-refractivity contribution in [3.8, 4) is 0 Å². The van der Waals surface area contributed by atoms with E-state index in [1.165, 1.54) is 12.0 Å². The van der Waals surface area contributed by atoms with E-state index in [1.807, 2.05) is 26.0 Å². The van der Waals surface area contributed by atoms with Crippen molar-refractivity contribution in [1.82, 2.24) is 0 Å². The number of para-hydroxylation sites is 2. The first kappa shape index (κ1) is 24.2. The maximum absolute atomic E-state index is 13.6. The van der Waals surface area contributed by atoms with Gasteiger partial charge in [-0.15, -0.1) is 0 Å². The zero-order valence-electron chi connectivity index (χ0n) is 20.0. The monoisotopic (exact) mass is 476 g/mol. The highest BCUT2D eigenvalue weighted by Gasteiger charge is 2.43. The van der Waals surface area contributed by atoms with E-state index < -0.39 is 23.9 Å². The predicted molar refractivity (Wildman–Crippen MR) is 130 cm³/mol. The molecule has 0 spiro atoms. The van der Waals surface area contributed by atoms with Crippen molar-refractivity contribution in [2.24, 2.45) is 5.41 Å². The number of Topliss-reactive ketones (excluding diaryl/α,β-unsaturated/α-hetero) is 1. The van der Waals surface area contributed by atoms with Crippen LogP contribution in [0.3, 0.4) is 0 Å². The minimum absolute atomic E-state index is 0.0744. The van der Waals surface area contributed by atoms with Crippen molar-refractivity contribution < 1.29 is 29.0 Å². The summed E-state index contributed by atoms with van der Waals surface area (Å²) in [5.41, 5.74) is 3.18. The Morgan fingerprint density at radius 3 is 2.40 bits per heavy atom. The minimum Gasteiger partial charge on any atom is -0.481 e. The van der Waals surface area contributed by atoms with Crippen LogP contribution < -0.4 is 10.2 Å². The van der Waals surface area contributed by atoms with E-state index in [2.05, 4.69) is 5.32 Å². The van der Waals surface area contributed by atoms with Gasteiger partial charge in [0.1, 0.15) is 0 Å². The molecule has 8 nitrogen and oxygen atoms in total. The van der Waals surface area contributed by atoms with Gasteiger partial charge < -0.3 is 15.2 Å². The topological polar surface area (TPSA) is 113 Å².